The minimum Gasteiger partial charge on any atom is -0.411 e. The molecule has 5 aromatic heterocycles. The monoisotopic (exact) mass is 444 g/mol. The molecule has 0 fully saturated rings. The number of aromatic nitrogens is 7. The molecular formula is C22H17FN8O2. The van der Waals surface area contributed by atoms with Gasteiger partial charge in [0, 0.05) is 24.9 Å². The molecule has 11 heteroatoms. The van der Waals surface area contributed by atoms with E-state index >= 15 is 0 Å². The fourth-order valence-corrected chi connectivity index (χ4v) is 4.14. The number of amides is 1. The Hall–Kier alpha value is -4.41. The number of H-pyrrole nitrogens is 1. The molecule has 0 unspecified atom stereocenters. The zero-order valence-electron chi connectivity index (χ0n) is 17.4. The van der Waals surface area contributed by atoms with Gasteiger partial charge in [0.2, 0.25) is 0 Å². The molecule has 0 aromatic carbocycles. The van der Waals surface area contributed by atoms with Crippen LogP contribution in [0.1, 0.15) is 39.4 Å². The number of aromatic amines is 1. The summed E-state index contributed by atoms with van der Waals surface area (Å²) in [4.78, 5) is 26.7. The second-order valence-electron chi connectivity index (χ2n) is 7.78. The summed E-state index contributed by atoms with van der Waals surface area (Å²) in [5.41, 5.74) is 4.68. The summed E-state index contributed by atoms with van der Waals surface area (Å²) >= 11 is 0. The van der Waals surface area contributed by atoms with Gasteiger partial charge in [-0.05, 0) is 36.8 Å². The summed E-state index contributed by atoms with van der Waals surface area (Å²) in [5.74, 6) is -1.07. The van der Waals surface area contributed by atoms with Crippen LogP contribution in [0.15, 0.2) is 53.5 Å². The van der Waals surface area contributed by atoms with E-state index in [4.69, 9.17) is 9.52 Å². The van der Waals surface area contributed by atoms with Gasteiger partial charge >= 0.3 is 11.8 Å². The Labute approximate surface area is 186 Å². The lowest BCUT2D eigenvalue weighted by molar-refractivity contribution is 0.0646. The first kappa shape index (κ1) is 19.3. The number of nitrogens with zero attached hydrogens (tertiary/aromatic N) is 7. The quantitative estimate of drug-likeness (QED) is 0.455. The molecule has 0 aliphatic carbocycles. The molecule has 1 atom stereocenters. The van der Waals surface area contributed by atoms with Crippen molar-refractivity contribution >= 4 is 11.4 Å². The van der Waals surface area contributed by atoms with E-state index in [2.05, 4.69) is 25.1 Å². The molecule has 6 heterocycles. The Kier molecular flexibility index (Phi) is 4.28. The van der Waals surface area contributed by atoms with Gasteiger partial charge in [-0.25, -0.2) is 18.9 Å². The summed E-state index contributed by atoms with van der Waals surface area (Å²) in [6, 6.07) is 8.02. The highest BCUT2D eigenvalue weighted by molar-refractivity contribution is 5.90. The number of hydrogen-bond acceptors (Lipinski definition) is 7. The second-order valence-corrected chi connectivity index (χ2v) is 7.78. The molecule has 1 N–H and O–H groups in total. The standard InChI is InChI=1S/C22H17FN8O2/c1-12-3-2-7-31-17(12)9-16(29-31)19-18-14(25-11-26-18)6-8-30(19)22(32)21-28-27-20(33-21)15-5-4-13(23)10-24-15/h2-5,7,9-11,19H,6,8H2,1H3,(H,25,26)/t19-/m0/s1. The van der Waals surface area contributed by atoms with Crippen molar-refractivity contribution in [2.24, 2.45) is 0 Å². The van der Waals surface area contributed by atoms with Crippen molar-refractivity contribution in [1.82, 2.24) is 39.7 Å². The number of pyridine rings is 2. The highest BCUT2D eigenvalue weighted by Gasteiger charge is 2.38. The molecule has 1 aliphatic heterocycles. The van der Waals surface area contributed by atoms with Crippen molar-refractivity contribution in [2.75, 3.05) is 6.54 Å². The lowest BCUT2D eigenvalue weighted by Gasteiger charge is -2.32. The van der Waals surface area contributed by atoms with Crippen LogP contribution in [-0.2, 0) is 6.42 Å². The van der Waals surface area contributed by atoms with Gasteiger partial charge in [0.05, 0.1) is 29.4 Å². The molecule has 10 nitrogen and oxygen atoms in total. The Balaban J connectivity index is 1.40. The molecular weight excluding hydrogens is 427 g/mol. The summed E-state index contributed by atoms with van der Waals surface area (Å²) in [6.45, 7) is 2.42. The van der Waals surface area contributed by atoms with Gasteiger partial charge in [0.1, 0.15) is 17.6 Å². The van der Waals surface area contributed by atoms with Crippen LogP contribution in [0.2, 0.25) is 0 Å². The van der Waals surface area contributed by atoms with Gasteiger partial charge in [0.25, 0.3) is 5.89 Å². The van der Waals surface area contributed by atoms with Crippen molar-refractivity contribution < 1.29 is 13.6 Å². The fourth-order valence-electron chi connectivity index (χ4n) is 4.14. The number of imidazole rings is 1. The van der Waals surface area contributed by atoms with E-state index in [0.717, 1.165) is 28.7 Å². The molecule has 0 radical (unpaired) electrons. The van der Waals surface area contributed by atoms with Crippen molar-refractivity contribution in [3.63, 3.8) is 0 Å². The Morgan fingerprint density at radius 2 is 2.15 bits per heavy atom. The average Bonchev–Trinajstić information content (AvgIpc) is 3.57. The van der Waals surface area contributed by atoms with Gasteiger partial charge in [-0.3, -0.25) is 4.79 Å². The number of carbonyl (C=O) groups excluding carboxylic acids is 1. The van der Waals surface area contributed by atoms with Crippen LogP contribution in [0, 0.1) is 12.7 Å². The van der Waals surface area contributed by atoms with Gasteiger partial charge in [0.15, 0.2) is 0 Å². The van der Waals surface area contributed by atoms with E-state index in [9.17, 15) is 9.18 Å². The molecule has 5 aromatic rings. The van der Waals surface area contributed by atoms with Crippen molar-refractivity contribution in [3.05, 3.63) is 83.4 Å². The normalized spacial score (nSPS) is 15.7. The average molecular weight is 444 g/mol. The van der Waals surface area contributed by atoms with E-state index < -0.39 is 17.8 Å². The highest BCUT2D eigenvalue weighted by atomic mass is 19.1. The topological polar surface area (TPSA) is 118 Å². The summed E-state index contributed by atoms with van der Waals surface area (Å²) in [6.07, 6.45) is 5.14. The molecule has 0 saturated carbocycles. The van der Waals surface area contributed by atoms with Crippen LogP contribution in [0.5, 0.6) is 0 Å². The van der Waals surface area contributed by atoms with Gasteiger partial charge in [-0.1, -0.05) is 6.07 Å². The molecule has 0 saturated heterocycles. The Morgan fingerprint density at radius 1 is 1.24 bits per heavy atom. The zero-order valence-corrected chi connectivity index (χ0v) is 17.4. The van der Waals surface area contributed by atoms with Crippen molar-refractivity contribution in [3.8, 4) is 11.6 Å². The molecule has 1 amide bonds. The SMILES string of the molecule is Cc1cccn2nc([C@H]3c4nc[nH]c4CCN3C(=O)c3nnc(-c4ccc(F)cn4)o3)cc12. The smallest absolute Gasteiger partial charge is 0.312 e. The van der Waals surface area contributed by atoms with E-state index in [1.165, 1.54) is 12.1 Å². The number of halogens is 1. The maximum absolute atomic E-state index is 13.5. The van der Waals surface area contributed by atoms with Crippen LogP contribution in [0.4, 0.5) is 4.39 Å². The lowest BCUT2D eigenvalue weighted by atomic mass is 9.99. The zero-order chi connectivity index (χ0) is 22.5. The fraction of sp³-hybridized carbons (Fsp3) is 0.182. The first-order chi connectivity index (χ1) is 16.1. The van der Waals surface area contributed by atoms with Gasteiger partial charge in [-0.15, -0.1) is 10.2 Å². The van der Waals surface area contributed by atoms with Gasteiger partial charge in [-0.2, -0.15) is 5.10 Å². The van der Waals surface area contributed by atoms with Crippen molar-refractivity contribution in [1.29, 1.82) is 0 Å². The number of hydrogen-bond donors (Lipinski definition) is 1. The minimum absolute atomic E-state index is 0.0377. The largest absolute Gasteiger partial charge is 0.411 e. The molecule has 0 spiro atoms. The number of rotatable bonds is 3. The highest BCUT2D eigenvalue weighted by Crippen LogP contribution is 2.34. The first-order valence-electron chi connectivity index (χ1n) is 10.3. The third-order valence-electron chi connectivity index (χ3n) is 5.75. The summed E-state index contributed by atoms with van der Waals surface area (Å²) < 4.78 is 20.6. The summed E-state index contributed by atoms with van der Waals surface area (Å²) in [5, 5.41) is 12.6. The first-order valence-corrected chi connectivity index (χ1v) is 10.3. The van der Waals surface area contributed by atoms with Crippen LogP contribution in [-0.4, -0.2) is 52.1 Å². The van der Waals surface area contributed by atoms with Crippen LogP contribution in [0.25, 0.3) is 17.1 Å². The maximum Gasteiger partial charge on any atom is 0.312 e. The molecule has 1 aliphatic rings. The summed E-state index contributed by atoms with van der Waals surface area (Å²) in [7, 11) is 0. The maximum atomic E-state index is 13.5. The Bertz CT molecular complexity index is 1490. The van der Waals surface area contributed by atoms with E-state index in [1.807, 2.05) is 31.3 Å². The number of nitrogens with one attached hydrogen (secondary N) is 1. The van der Waals surface area contributed by atoms with E-state index in [-0.39, 0.29) is 17.5 Å². The second kappa shape index (κ2) is 7.33. The number of aryl methyl sites for hydroxylation is 1. The molecule has 0 bridgehead atoms. The number of carbonyl (C=O) groups is 1. The van der Waals surface area contributed by atoms with Crippen LogP contribution in [0.3, 0.4) is 0 Å². The van der Waals surface area contributed by atoms with E-state index in [0.29, 0.717) is 18.7 Å². The molecule has 6 rings (SSSR count). The van der Waals surface area contributed by atoms with Crippen LogP contribution >= 0.6 is 0 Å². The third-order valence-corrected chi connectivity index (χ3v) is 5.75. The molecule has 33 heavy (non-hydrogen) atoms. The number of fused-ring (bicyclic) bond motifs is 2. The minimum atomic E-state index is -0.522. The Morgan fingerprint density at radius 3 is 2.97 bits per heavy atom. The lowest BCUT2D eigenvalue weighted by Crippen LogP contribution is -2.41. The predicted molar refractivity (Wildman–Crippen MR) is 113 cm³/mol. The molecule has 164 valence electrons. The van der Waals surface area contributed by atoms with Crippen LogP contribution < -0.4 is 0 Å². The van der Waals surface area contributed by atoms with Gasteiger partial charge < -0.3 is 14.3 Å². The van der Waals surface area contributed by atoms with E-state index in [1.54, 1.807) is 15.7 Å². The van der Waals surface area contributed by atoms with Crippen molar-refractivity contribution in [2.45, 2.75) is 19.4 Å². The third kappa shape index (κ3) is 3.16. The predicted octanol–water partition coefficient (Wildman–Crippen LogP) is 2.74.